The van der Waals surface area contributed by atoms with Gasteiger partial charge in [0.1, 0.15) is 25.2 Å². The highest BCUT2D eigenvalue weighted by molar-refractivity contribution is 6.00. The minimum atomic E-state index is -1.40. The number of amides is 1. The minimum absolute atomic E-state index is 0.240. The molecular weight excluding hydrogens is 815 g/mol. The smallest absolute Gasteiger partial charge is 0.425 e. The number of pyridine rings is 1. The monoisotopic (exact) mass is 884 g/mol. The molecule has 5 heterocycles. The van der Waals surface area contributed by atoms with Gasteiger partial charge in [-0.05, 0) is 79.6 Å². The van der Waals surface area contributed by atoms with Gasteiger partial charge in [-0.25, -0.2) is 20.2 Å². The average Bonchev–Trinajstić information content (AvgIpc) is 3.82. The van der Waals surface area contributed by atoms with Gasteiger partial charge < -0.3 is 42.7 Å². The second-order valence-electron chi connectivity index (χ2n) is 17.9. The Morgan fingerprint density at radius 2 is 1.83 bits per heavy atom. The van der Waals surface area contributed by atoms with Crippen molar-refractivity contribution in [1.82, 2.24) is 29.9 Å². The second-order valence-corrected chi connectivity index (χ2v) is 17.9. The lowest BCUT2D eigenvalue weighted by molar-refractivity contribution is -0.297. The van der Waals surface area contributed by atoms with Crippen LogP contribution in [0.15, 0.2) is 42.2 Å². The zero-order valence-corrected chi connectivity index (χ0v) is 39.2. The van der Waals surface area contributed by atoms with Gasteiger partial charge in [0.25, 0.3) is 0 Å². The Morgan fingerprint density at radius 3 is 2.44 bits per heavy atom. The number of oxime groups is 1. The molecule has 3 aliphatic rings. The number of carbonyl (C=O) groups is 4. The Morgan fingerprint density at radius 1 is 1.10 bits per heavy atom. The number of imidazole rings is 1. The van der Waals surface area contributed by atoms with Crippen LogP contribution in [0.2, 0.25) is 0 Å². The topological polar surface area (TPSA) is 194 Å². The van der Waals surface area contributed by atoms with Gasteiger partial charge in [-0.15, -0.1) is 0 Å². The number of ketones is 1. The number of fused-ring (bicyclic) bond motifs is 1. The van der Waals surface area contributed by atoms with Crippen LogP contribution in [-0.2, 0) is 54.2 Å². The zero-order chi connectivity index (χ0) is 46.4. The molecule has 1 N–H and O–H groups in total. The summed E-state index contributed by atoms with van der Waals surface area (Å²) in [6.45, 7) is 16.8. The molecule has 18 heteroatoms. The van der Waals surface area contributed by atoms with Gasteiger partial charge in [0, 0.05) is 69.0 Å². The van der Waals surface area contributed by atoms with Crippen molar-refractivity contribution in [2.75, 3.05) is 34.9 Å². The maximum atomic E-state index is 14.6. The van der Waals surface area contributed by atoms with E-state index in [1.807, 2.05) is 76.5 Å². The minimum Gasteiger partial charge on any atom is -0.458 e. The Balaban J connectivity index is 1.50. The Hall–Kier alpha value is -4.49. The number of hydrogen-bond acceptors (Lipinski definition) is 16. The molecule has 3 aliphatic heterocycles. The molecule has 2 aromatic heterocycles. The number of cyclic esters (lactones) is 1. The predicted molar refractivity (Wildman–Crippen MR) is 232 cm³/mol. The first-order valence-electron chi connectivity index (χ1n) is 22.0. The third kappa shape index (κ3) is 10.9. The Labute approximate surface area is 371 Å². The summed E-state index contributed by atoms with van der Waals surface area (Å²) in [7, 11) is 6.78. The zero-order valence-electron chi connectivity index (χ0n) is 39.2. The van der Waals surface area contributed by atoms with Crippen molar-refractivity contribution in [3.8, 4) is 11.3 Å². The van der Waals surface area contributed by atoms with Gasteiger partial charge in [0.15, 0.2) is 23.8 Å². The molecule has 0 aliphatic carbocycles. The fourth-order valence-electron chi connectivity index (χ4n) is 9.73. The standard InChI is InChI=1S/C45H69N7O11/c1-14-35-45(9)39(52(43(56)63-45)48-19-16-20-51-24-33(47-25-51)32-17-15-18-46-23-32)28(4)36(49-58-13)26(2)22-44(8,57-12)40(29(5)37(54)30(6)41(55)61-35)62-42-38(60-31(7)53)34(50(10)11)21-27(3)59-42/h15,17-18,23-30,34-35,38-40,42,48H,14,16,19-22H2,1-13H3/b49-36+/t26-,27-,28+,29+,30-,34+,35-,38-,39+,40-,42+,44-,45-/m1/s1. The van der Waals surface area contributed by atoms with E-state index in [0.29, 0.717) is 31.6 Å². The number of ether oxygens (including phenoxy) is 6. The Bertz CT molecular complexity index is 1910. The molecule has 0 bridgehead atoms. The summed E-state index contributed by atoms with van der Waals surface area (Å²) in [4.78, 5) is 71.5. The molecule has 0 spiro atoms. The molecule has 13 atom stereocenters. The number of esters is 2. The van der Waals surface area contributed by atoms with Crippen LogP contribution in [0.4, 0.5) is 4.79 Å². The number of nitrogens with one attached hydrogen (secondary N) is 1. The lowest BCUT2D eigenvalue weighted by Crippen LogP contribution is -2.61. The van der Waals surface area contributed by atoms with Gasteiger partial charge >= 0.3 is 18.0 Å². The number of carbonyl (C=O) groups excluding carboxylic acids is 4. The van der Waals surface area contributed by atoms with E-state index in [-0.39, 0.29) is 25.0 Å². The summed E-state index contributed by atoms with van der Waals surface area (Å²) >= 11 is 0. The maximum absolute atomic E-state index is 14.6. The molecule has 63 heavy (non-hydrogen) atoms. The van der Waals surface area contributed by atoms with Crippen LogP contribution in [0.5, 0.6) is 0 Å². The van der Waals surface area contributed by atoms with E-state index < -0.39 is 89.3 Å². The van der Waals surface area contributed by atoms with E-state index in [9.17, 15) is 19.2 Å². The van der Waals surface area contributed by atoms with Crippen LogP contribution in [0.25, 0.3) is 11.3 Å². The summed E-state index contributed by atoms with van der Waals surface area (Å²) in [5, 5.41) is 6.06. The van der Waals surface area contributed by atoms with E-state index in [0.717, 1.165) is 11.3 Å². The molecule has 3 saturated heterocycles. The molecule has 0 radical (unpaired) electrons. The van der Waals surface area contributed by atoms with Crippen molar-refractivity contribution in [2.24, 2.45) is 28.8 Å². The number of likely N-dealkylation sites (N-methyl/N-ethyl adjacent to an activating group) is 1. The predicted octanol–water partition coefficient (Wildman–Crippen LogP) is 5.05. The van der Waals surface area contributed by atoms with Crippen LogP contribution < -0.4 is 5.43 Å². The van der Waals surface area contributed by atoms with Crippen molar-refractivity contribution in [1.29, 1.82) is 0 Å². The van der Waals surface area contributed by atoms with Crippen molar-refractivity contribution >= 4 is 29.5 Å². The normalized spacial score (nSPS) is 35.2. The first-order valence-corrected chi connectivity index (χ1v) is 22.0. The summed E-state index contributed by atoms with van der Waals surface area (Å²) in [6.07, 6.45) is 4.01. The lowest BCUT2D eigenvalue weighted by atomic mass is 9.73. The molecule has 1 amide bonds. The fraction of sp³-hybridized carbons (Fsp3) is 0.711. The number of aromatic nitrogens is 3. The van der Waals surface area contributed by atoms with Gasteiger partial charge in [0.2, 0.25) is 0 Å². The van der Waals surface area contributed by atoms with Crippen LogP contribution in [0.1, 0.15) is 88.0 Å². The van der Waals surface area contributed by atoms with Gasteiger partial charge in [-0.2, -0.15) is 0 Å². The van der Waals surface area contributed by atoms with Crippen LogP contribution >= 0.6 is 0 Å². The summed E-state index contributed by atoms with van der Waals surface area (Å²) in [5.74, 6) is -4.91. The number of methoxy groups -OCH3 is 1. The van der Waals surface area contributed by atoms with Gasteiger partial charge in [-0.3, -0.25) is 19.4 Å². The molecule has 0 unspecified atom stereocenters. The highest BCUT2D eigenvalue weighted by Crippen LogP contribution is 2.43. The van der Waals surface area contributed by atoms with Crippen LogP contribution in [0, 0.1) is 23.7 Å². The number of hydrazine groups is 1. The average molecular weight is 884 g/mol. The first kappa shape index (κ1) is 49.5. The number of nitrogens with zero attached hydrogens (tertiary/aromatic N) is 6. The largest absolute Gasteiger partial charge is 0.458 e. The molecule has 350 valence electrons. The van der Waals surface area contributed by atoms with Crippen molar-refractivity contribution in [3.05, 3.63) is 37.1 Å². The van der Waals surface area contributed by atoms with Gasteiger partial charge in [0.05, 0.1) is 41.6 Å². The Kier molecular flexibility index (Phi) is 16.5. The third-order valence-electron chi connectivity index (χ3n) is 13.0. The van der Waals surface area contributed by atoms with Crippen molar-refractivity contribution in [3.63, 3.8) is 0 Å². The second kappa shape index (κ2) is 21.0. The molecule has 18 nitrogen and oxygen atoms in total. The lowest BCUT2D eigenvalue weighted by Gasteiger charge is -2.48. The summed E-state index contributed by atoms with van der Waals surface area (Å²) < 4.78 is 39.9. The quantitative estimate of drug-likeness (QED) is 0.0923. The highest BCUT2D eigenvalue weighted by Gasteiger charge is 2.60. The molecule has 0 saturated carbocycles. The van der Waals surface area contributed by atoms with Crippen LogP contribution in [0.3, 0.4) is 0 Å². The molecule has 2 aromatic rings. The summed E-state index contributed by atoms with van der Waals surface area (Å²) in [5.41, 5.74) is 2.96. The van der Waals surface area contributed by atoms with E-state index in [1.54, 1.807) is 32.6 Å². The van der Waals surface area contributed by atoms with Gasteiger partial charge in [-0.1, -0.05) is 32.9 Å². The van der Waals surface area contributed by atoms with Crippen molar-refractivity contribution < 1.29 is 52.4 Å². The third-order valence-corrected chi connectivity index (χ3v) is 13.0. The first-order chi connectivity index (χ1) is 29.8. The van der Waals surface area contributed by atoms with Crippen LogP contribution in [-0.4, -0.2) is 143 Å². The molecule has 0 aromatic carbocycles. The maximum Gasteiger partial charge on any atom is 0.425 e. The molecule has 3 fully saturated rings. The molecular formula is C45H69N7O11. The number of rotatable bonds is 13. The van der Waals surface area contributed by atoms with E-state index in [4.69, 9.17) is 33.3 Å². The fourth-order valence-corrected chi connectivity index (χ4v) is 9.73. The summed E-state index contributed by atoms with van der Waals surface area (Å²) in [6, 6.07) is 2.77. The van der Waals surface area contributed by atoms with E-state index in [2.05, 4.69) is 20.5 Å². The van der Waals surface area contributed by atoms with E-state index in [1.165, 1.54) is 33.1 Å². The number of Topliss-reactive ketones (excluding diaryl/α,β-unsaturated/α-hetero) is 1. The number of aryl methyl sites for hydroxylation is 1. The highest BCUT2D eigenvalue weighted by atomic mass is 16.7. The van der Waals surface area contributed by atoms with E-state index >= 15 is 0 Å². The van der Waals surface area contributed by atoms with Crippen molar-refractivity contribution in [2.45, 2.75) is 149 Å². The molecule has 5 rings (SSSR count). The number of hydrogen-bond donors (Lipinski definition) is 1. The SMILES string of the molecule is CC[C@H]1OC(=O)[C@H](C)C(=O)[C@H](C)[C@@H](O[C@@H]2O[C@H](C)C[C@H](N(C)C)[C@H]2OC(C)=O)[C@](C)(OC)C[C@@H](C)/C(=N\OC)[C@H](C)[C@@H]2N(NCCCn3cnc(-c4cccnc4)c3)C(=O)O[C@@]21C.